The Kier molecular flexibility index (Phi) is 5.72. The van der Waals surface area contributed by atoms with E-state index >= 15 is 0 Å². The Morgan fingerprint density at radius 2 is 1.93 bits per heavy atom. The van der Waals surface area contributed by atoms with Crippen LogP contribution in [0.2, 0.25) is 10.0 Å². The first-order chi connectivity index (χ1) is 14.4. The molecule has 0 saturated carbocycles. The highest BCUT2D eigenvalue weighted by molar-refractivity contribution is 7.09. The largest absolute Gasteiger partial charge is 0.332 e. The number of hydrogen-bond acceptors (Lipinski definition) is 5. The van der Waals surface area contributed by atoms with Gasteiger partial charge in [-0.3, -0.25) is 18.7 Å². The van der Waals surface area contributed by atoms with Gasteiger partial charge in [0.15, 0.2) is 5.52 Å². The van der Waals surface area contributed by atoms with Gasteiger partial charge in [-0.15, -0.1) is 11.3 Å². The van der Waals surface area contributed by atoms with Crippen LogP contribution in [0, 0.1) is 0 Å². The zero-order valence-electron chi connectivity index (χ0n) is 15.3. The Morgan fingerprint density at radius 1 is 1.10 bits per heavy atom. The molecule has 152 valence electrons. The van der Waals surface area contributed by atoms with E-state index in [2.05, 4.69) is 10.3 Å². The van der Waals surface area contributed by atoms with E-state index in [4.69, 9.17) is 23.2 Å². The second kappa shape index (κ2) is 8.43. The number of pyridine rings is 1. The van der Waals surface area contributed by atoms with Gasteiger partial charge in [-0.25, -0.2) is 9.78 Å². The lowest BCUT2D eigenvalue weighted by Crippen LogP contribution is -2.42. The topological polar surface area (TPSA) is 86.0 Å². The number of fused-ring (bicyclic) bond motifs is 1. The van der Waals surface area contributed by atoms with Gasteiger partial charge >= 0.3 is 5.69 Å². The maximum absolute atomic E-state index is 13.1. The van der Waals surface area contributed by atoms with Gasteiger partial charge in [-0.1, -0.05) is 29.3 Å². The van der Waals surface area contributed by atoms with Crippen LogP contribution in [0.3, 0.4) is 0 Å². The molecule has 3 heterocycles. The third kappa shape index (κ3) is 4.02. The summed E-state index contributed by atoms with van der Waals surface area (Å²) in [5, 5.41) is 5.23. The maximum atomic E-state index is 13.1. The second-order valence-corrected chi connectivity index (χ2v) is 8.26. The molecule has 0 atom stereocenters. The fourth-order valence-corrected chi connectivity index (χ4v) is 4.05. The van der Waals surface area contributed by atoms with E-state index in [1.807, 2.05) is 17.5 Å². The molecule has 1 N–H and O–H groups in total. The fourth-order valence-electron chi connectivity index (χ4n) is 3.02. The van der Waals surface area contributed by atoms with E-state index in [0.29, 0.717) is 15.7 Å². The lowest BCUT2D eigenvalue weighted by atomic mass is 10.3. The van der Waals surface area contributed by atoms with Crippen molar-refractivity contribution in [2.75, 3.05) is 5.32 Å². The number of aromatic nitrogens is 3. The number of thiophene rings is 1. The molecule has 1 amide bonds. The lowest BCUT2D eigenvalue weighted by molar-refractivity contribution is -0.116. The normalized spacial score (nSPS) is 11.0. The summed E-state index contributed by atoms with van der Waals surface area (Å²) in [6, 6.07) is 11.5. The summed E-state index contributed by atoms with van der Waals surface area (Å²) < 4.78 is 2.31. The van der Waals surface area contributed by atoms with Crippen LogP contribution in [-0.4, -0.2) is 20.0 Å². The summed E-state index contributed by atoms with van der Waals surface area (Å²) >= 11 is 13.5. The molecule has 4 aromatic rings. The molecule has 0 aliphatic rings. The minimum atomic E-state index is -0.596. The number of carbonyl (C=O) groups excluding carboxylic acids is 1. The Hall–Kier alpha value is -2.94. The highest BCUT2D eigenvalue weighted by Crippen LogP contribution is 2.25. The van der Waals surface area contributed by atoms with Crippen LogP contribution in [0.1, 0.15) is 4.88 Å². The standard InChI is InChI=1S/C20H14Cl2N4O3S/c21-12-5-6-14(22)15(9-12)24-17(27)11-25-16-4-1-7-23-18(16)19(28)26(20(25)29)10-13-3-2-8-30-13/h1-9H,10-11H2,(H,24,27). The molecule has 0 radical (unpaired) electrons. The van der Waals surface area contributed by atoms with Crippen LogP contribution in [0.15, 0.2) is 63.6 Å². The molecule has 1 aromatic carbocycles. The number of amides is 1. The van der Waals surface area contributed by atoms with Crippen molar-refractivity contribution in [1.29, 1.82) is 0 Å². The van der Waals surface area contributed by atoms with Crippen molar-refractivity contribution < 1.29 is 4.79 Å². The van der Waals surface area contributed by atoms with Gasteiger partial charge in [0.2, 0.25) is 5.91 Å². The van der Waals surface area contributed by atoms with Gasteiger partial charge in [0.25, 0.3) is 5.56 Å². The summed E-state index contributed by atoms with van der Waals surface area (Å²) in [4.78, 5) is 43.6. The highest BCUT2D eigenvalue weighted by atomic mass is 35.5. The zero-order chi connectivity index (χ0) is 21.3. The number of benzene rings is 1. The van der Waals surface area contributed by atoms with Gasteiger partial charge in [0, 0.05) is 16.1 Å². The molecule has 0 unspecified atom stereocenters. The number of hydrogen-bond donors (Lipinski definition) is 1. The van der Waals surface area contributed by atoms with Crippen molar-refractivity contribution in [3.8, 4) is 0 Å². The number of halogens is 2. The number of carbonyl (C=O) groups is 1. The summed E-state index contributed by atoms with van der Waals surface area (Å²) in [6.45, 7) is -0.224. The molecule has 0 fully saturated rings. The van der Waals surface area contributed by atoms with E-state index in [-0.39, 0.29) is 24.1 Å². The third-order valence-electron chi connectivity index (χ3n) is 4.39. The molecular formula is C20H14Cl2N4O3S. The van der Waals surface area contributed by atoms with Crippen molar-refractivity contribution in [1.82, 2.24) is 14.1 Å². The molecule has 0 aliphatic heterocycles. The number of nitrogens with zero attached hydrogens (tertiary/aromatic N) is 3. The van der Waals surface area contributed by atoms with Crippen LogP contribution in [0.4, 0.5) is 5.69 Å². The first-order valence-corrected chi connectivity index (χ1v) is 10.4. The van der Waals surface area contributed by atoms with Crippen LogP contribution in [0.5, 0.6) is 0 Å². The Bertz CT molecular complexity index is 1360. The van der Waals surface area contributed by atoms with Crippen LogP contribution in [-0.2, 0) is 17.9 Å². The van der Waals surface area contributed by atoms with Gasteiger partial charge in [-0.2, -0.15) is 0 Å². The zero-order valence-corrected chi connectivity index (χ0v) is 17.7. The maximum Gasteiger partial charge on any atom is 0.332 e. The average molecular weight is 461 g/mol. The molecule has 7 nitrogen and oxygen atoms in total. The first-order valence-electron chi connectivity index (χ1n) is 8.79. The van der Waals surface area contributed by atoms with Crippen LogP contribution < -0.4 is 16.6 Å². The number of rotatable bonds is 5. The Labute approximate surface area is 184 Å². The Morgan fingerprint density at radius 3 is 2.70 bits per heavy atom. The minimum absolute atomic E-state index is 0.101. The highest BCUT2D eigenvalue weighted by Gasteiger charge is 2.17. The summed E-state index contributed by atoms with van der Waals surface area (Å²) in [7, 11) is 0. The van der Waals surface area contributed by atoms with Crippen LogP contribution >= 0.6 is 34.5 Å². The van der Waals surface area contributed by atoms with Gasteiger partial charge in [0.1, 0.15) is 6.54 Å². The van der Waals surface area contributed by atoms with E-state index in [9.17, 15) is 14.4 Å². The van der Waals surface area contributed by atoms with Crippen molar-refractivity contribution in [2.24, 2.45) is 0 Å². The molecular weight excluding hydrogens is 447 g/mol. The summed E-state index contributed by atoms with van der Waals surface area (Å²) in [5.74, 6) is -0.493. The van der Waals surface area contributed by atoms with Crippen LogP contribution in [0.25, 0.3) is 11.0 Å². The van der Waals surface area contributed by atoms with E-state index in [1.165, 1.54) is 28.2 Å². The quantitative estimate of drug-likeness (QED) is 0.492. The molecule has 0 aliphatic carbocycles. The molecule has 4 rings (SSSR count). The van der Waals surface area contributed by atoms with Crippen molar-refractivity contribution in [3.05, 3.63) is 89.8 Å². The second-order valence-electron chi connectivity index (χ2n) is 6.38. The van der Waals surface area contributed by atoms with Gasteiger partial charge in [-0.05, 0) is 41.8 Å². The third-order valence-corrected chi connectivity index (χ3v) is 5.81. The fraction of sp³-hybridized carbons (Fsp3) is 0.100. The average Bonchev–Trinajstić information content (AvgIpc) is 3.24. The first kappa shape index (κ1) is 20.3. The molecule has 0 spiro atoms. The van der Waals surface area contributed by atoms with E-state index in [0.717, 1.165) is 9.44 Å². The SMILES string of the molecule is O=C(Cn1c(=O)n(Cc2cccs2)c(=O)c2ncccc21)Nc1cc(Cl)ccc1Cl. The molecule has 3 aromatic heterocycles. The predicted molar refractivity (Wildman–Crippen MR) is 119 cm³/mol. The van der Waals surface area contributed by atoms with E-state index < -0.39 is 17.2 Å². The summed E-state index contributed by atoms with van der Waals surface area (Å²) in [5.41, 5.74) is -0.374. The monoisotopic (exact) mass is 460 g/mol. The van der Waals surface area contributed by atoms with Gasteiger partial charge < -0.3 is 5.32 Å². The molecule has 10 heteroatoms. The summed E-state index contributed by atoms with van der Waals surface area (Å²) in [6.07, 6.45) is 1.47. The predicted octanol–water partition coefficient (Wildman–Crippen LogP) is 3.61. The number of nitrogens with one attached hydrogen (secondary N) is 1. The van der Waals surface area contributed by atoms with Crippen molar-refractivity contribution in [2.45, 2.75) is 13.1 Å². The number of anilines is 1. The smallest absolute Gasteiger partial charge is 0.323 e. The molecule has 0 bridgehead atoms. The van der Waals surface area contributed by atoms with Crippen molar-refractivity contribution in [3.63, 3.8) is 0 Å². The Balaban J connectivity index is 1.76. The molecule has 30 heavy (non-hydrogen) atoms. The lowest BCUT2D eigenvalue weighted by Gasteiger charge is -2.14. The minimum Gasteiger partial charge on any atom is -0.323 e. The van der Waals surface area contributed by atoms with Gasteiger partial charge in [0.05, 0.1) is 22.8 Å². The molecule has 0 saturated heterocycles. The van der Waals surface area contributed by atoms with Crippen molar-refractivity contribution >= 4 is 57.2 Å². The van der Waals surface area contributed by atoms with E-state index in [1.54, 1.807) is 24.3 Å².